The molecule has 2 atom stereocenters. The number of halogens is 1. The van der Waals surface area contributed by atoms with Crippen molar-refractivity contribution in [3.8, 4) is 5.75 Å². The zero-order valence-corrected chi connectivity index (χ0v) is 15.9. The number of aliphatic hydroxyl groups excluding tert-OH is 1. The smallest absolute Gasteiger partial charge is 0.253 e. The second kappa shape index (κ2) is 8.85. The van der Waals surface area contributed by atoms with Crippen LogP contribution in [0.5, 0.6) is 5.75 Å². The van der Waals surface area contributed by atoms with Gasteiger partial charge >= 0.3 is 0 Å². The minimum Gasteiger partial charge on any atom is -0.506 e. The zero-order chi connectivity index (χ0) is 18.6. The quantitative estimate of drug-likeness (QED) is 0.756. The number of hydrogen-bond acceptors (Lipinski definition) is 5. The number of likely N-dealkylation sites (N-methyl/N-ethyl adjacent to an activating group) is 2. The molecule has 0 aliphatic carbocycles. The fourth-order valence-corrected chi connectivity index (χ4v) is 3.38. The number of amides is 1. The van der Waals surface area contributed by atoms with Gasteiger partial charge in [0.2, 0.25) is 0 Å². The van der Waals surface area contributed by atoms with Crippen molar-refractivity contribution in [3.05, 3.63) is 28.8 Å². The van der Waals surface area contributed by atoms with Crippen molar-refractivity contribution in [2.75, 3.05) is 60.5 Å². The van der Waals surface area contributed by atoms with E-state index in [0.29, 0.717) is 18.7 Å². The third-order valence-electron chi connectivity index (χ3n) is 4.77. The van der Waals surface area contributed by atoms with Gasteiger partial charge in [0.1, 0.15) is 5.75 Å². The number of hydrogen-bond donors (Lipinski definition) is 2. The van der Waals surface area contributed by atoms with E-state index >= 15 is 0 Å². The lowest BCUT2D eigenvalue weighted by Crippen LogP contribution is -2.35. The summed E-state index contributed by atoms with van der Waals surface area (Å²) in [5, 5.41) is 19.4. The van der Waals surface area contributed by atoms with Crippen LogP contribution in [0.2, 0.25) is 5.02 Å². The molecule has 0 bridgehead atoms. The van der Waals surface area contributed by atoms with Crippen LogP contribution in [0.25, 0.3) is 0 Å². The van der Waals surface area contributed by atoms with Crippen LogP contribution in [-0.4, -0.2) is 91.3 Å². The van der Waals surface area contributed by atoms with E-state index in [1.165, 1.54) is 12.1 Å². The van der Waals surface area contributed by atoms with Gasteiger partial charge in [-0.1, -0.05) is 11.6 Å². The summed E-state index contributed by atoms with van der Waals surface area (Å²) in [6, 6.07) is 4.50. The Balaban J connectivity index is 1.99. The van der Waals surface area contributed by atoms with E-state index in [9.17, 15) is 15.0 Å². The van der Waals surface area contributed by atoms with Gasteiger partial charge < -0.3 is 24.9 Å². The third-order valence-corrected chi connectivity index (χ3v) is 5.07. The minimum absolute atomic E-state index is 0.0340. The molecule has 0 aromatic heterocycles. The van der Waals surface area contributed by atoms with Crippen LogP contribution in [0, 0.1) is 11.8 Å². The molecule has 25 heavy (non-hydrogen) atoms. The molecule has 0 radical (unpaired) electrons. The highest BCUT2D eigenvalue weighted by Crippen LogP contribution is 2.28. The maximum absolute atomic E-state index is 12.7. The van der Waals surface area contributed by atoms with Crippen LogP contribution in [-0.2, 0) is 0 Å². The second-order valence-corrected chi connectivity index (χ2v) is 7.55. The van der Waals surface area contributed by atoms with E-state index in [1.807, 2.05) is 14.1 Å². The molecule has 6 nitrogen and oxygen atoms in total. The first kappa shape index (κ1) is 20.0. The van der Waals surface area contributed by atoms with Crippen LogP contribution in [0.3, 0.4) is 0 Å². The number of aromatic hydroxyl groups is 1. The van der Waals surface area contributed by atoms with E-state index < -0.39 is 0 Å². The van der Waals surface area contributed by atoms with Gasteiger partial charge in [-0.05, 0) is 45.3 Å². The van der Waals surface area contributed by atoms with Crippen molar-refractivity contribution in [1.82, 2.24) is 14.7 Å². The van der Waals surface area contributed by atoms with Gasteiger partial charge in [-0.3, -0.25) is 4.79 Å². The number of rotatable bonds is 7. The fraction of sp³-hybridized carbons (Fsp3) is 0.611. The Morgan fingerprint density at radius 2 is 1.92 bits per heavy atom. The number of likely N-dealkylation sites (tertiary alicyclic amines) is 1. The van der Waals surface area contributed by atoms with Crippen LogP contribution in [0.1, 0.15) is 10.4 Å². The molecule has 1 heterocycles. The summed E-state index contributed by atoms with van der Waals surface area (Å²) in [6.45, 7) is 4.01. The lowest BCUT2D eigenvalue weighted by Gasteiger charge is -2.25. The van der Waals surface area contributed by atoms with E-state index in [0.717, 1.165) is 19.6 Å². The molecule has 1 aromatic carbocycles. The van der Waals surface area contributed by atoms with Crippen molar-refractivity contribution in [2.24, 2.45) is 11.8 Å². The normalized spacial score (nSPS) is 20.7. The molecule has 1 aromatic rings. The van der Waals surface area contributed by atoms with Gasteiger partial charge in [0.05, 0.1) is 5.02 Å². The lowest BCUT2D eigenvalue weighted by atomic mass is 9.96. The first-order chi connectivity index (χ1) is 11.8. The molecule has 1 aliphatic heterocycles. The summed E-state index contributed by atoms with van der Waals surface area (Å²) in [4.78, 5) is 18.9. The number of phenolic OH excluding ortho intramolecular Hbond substituents is 1. The molecule has 2 N–H and O–H groups in total. The topological polar surface area (TPSA) is 67.2 Å². The Bertz CT molecular complexity index is 597. The van der Waals surface area contributed by atoms with E-state index in [4.69, 9.17) is 11.6 Å². The third kappa shape index (κ3) is 5.31. The van der Waals surface area contributed by atoms with Crippen LogP contribution in [0.15, 0.2) is 18.2 Å². The predicted octanol–water partition coefficient (Wildman–Crippen LogP) is 1.22. The highest BCUT2D eigenvalue weighted by molar-refractivity contribution is 6.32. The molecule has 2 rings (SSSR count). The van der Waals surface area contributed by atoms with Crippen molar-refractivity contribution in [3.63, 3.8) is 0 Å². The first-order valence-corrected chi connectivity index (χ1v) is 8.91. The number of phenols is 1. The standard InChI is InChI=1S/C18H28ClN3O3/c1-20(2)6-7-21(3)9-14-10-22(11-15(14)12-23)18(25)13-4-5-17(24)16(19)8-13/h4-5,8,14-15,23-24H,6-7,9-12H2,1-3H3. The average Bonchev–Trinajstić information content (AvgIpc) is 2.97. The Morgan fingerprint density at radius 3 is 2.52 bits per heavy atom. The molecular formula is C18H28ClN3O3. The Kier molecular flexibility index (Phi) is 7.07. The number of carbonyl (C=O) groups is 1. The molecule has 140 valence electrons. The monoisotopic (exact) mass is 369 g/mol. The van der Waals surface area contributed by atoms with Crippen LogP contribution < -0.4 is 0 Å². The predicted molar refractivity (Wildman–Crippen MR) is 99.1 cm³/mol. The number of benzene rings is 1. The first-order valence-electron chi connectivity index (χ1n) is 8.53. The molecule has 1 amide bonds. The molecule has 7 heteroatoms. The van der Waals surface area contributed by atoms with E-state index in [-0.39, 0.29) is 35.1 Å². The SMILES string of the molecule is CN(C)CCN(C)CC1CN(C(=O)c2ccc(O)c(Cl)c2)CC1CO. The average molecular weight is 370 g/mol. The van der Waals surface area contributed by atoms with Crippen molar-refractivity contribution in [2.45, 2.75) is 0 Å². The van der Waals surface area contributed by atoms with Crippen molar-refractivity contribution in [1.29, 1.82) is 0 Å². The Hall–Kier alpha value is -1.34. The van der Waals surface area contributed by atoms with Crippen LogP contribution in [0.4, 0.5) is 0 Å². The highest BCUT2D eigenvalue weighted by atomic mass is 35.5. The largest absolute Gasteiger partial charge is 0.506 e. The maximum atomic E-state index is 12.7. The molecule has 1 aliphatic rings. The van der Waals surface area contributed by atoms with E-state index in [1.54, 1.807) is 11.0 Å². The summed E-state index contributed by atoms with van der Waals surface area (Å²) in [5.74, 6) is 0.180. The molecule has 1 fully saturated rings. The van der Waals surface area contributed by atoms with Gasteiger partial charge in [-0.15, -0.1) is 0 Å². The number of carbonyl (C=O) groups excluding carboxylic acids is 1. The summed E-state index contributed by atoms with van der Waals surface area (Å²) in [7, 11) is 6.16. The summed E-state index contributed by atoms with van der Waals surface area (Å²) < 4.78 is 0. The molecule has 0 saturated carbocycles. The molecular weight excluding hydrogens is 342 g/mol. The van der Waals surface area contributed by atoms with Crippen LogP contribution >= 0.6 is 11.6 Å². The lowest BCUT2D eigenvalue weighted by molar-refractivity contribution is 0.0779. The van der Waals surface area contributed by atoms with Crippen molar-refractivity contribution >= 4 is 17.5 Å². The minimum atomic E-state index is -0.112. The maximum Gasteiger partial charge on any atom is 0.253 e. The van der Waals surface area contributed by atoms with Gasteiger partial charge in [0.15, 0.2) is 0 Å². The fourth-order valence-electron chi connectivity index (χ4n) is 3.20. The molecule has 0 spiro atoms. The number of aliphatic hydroxyl groups is 1. The second-order valence-electron chi connectivity index (χ2n) is 7.14. The summed E-state index contributed by atoms with van der Waals surface area (Å²) >= 11 is 5.91. The highest BCUT2D eigenvalue weighted by Gasteiger charge is 2.35. The Morgan fingerprint density at radius 1 is 1.24 bits per heavy atom. The summed E-state index contributed by atoms with van der Waals surface area (Å²) in [6.07, 6.45) is 0. The van der Waals surface area contributed by atoms with Crippen molar-refractivity contribution < 1.29 is 15.0 Å². The van der Waals surface area contributed by atoms with Gasteiger partial charge in [0, 0.05) is 50.8 Å². The summed E-state index contributed by atoms with van der Waals surface area (Å²) in [5.41, 5.74) is 0.459. The molecule has 2 unspecified atom stereocenters. The zero-order valence-electron chi connectivity index (χ0n) is 15.2. The van der Waals surface area contributed by atoms with Gasteiger partial charge in [0.25, 0.3) is 5.91 Å². The Labute approximate surface area is 154 Å². The molecule has 1 saturated heterocycles. The van der Waals surface area contributed by atoms with Gasteiger partial charge in [-0.2, -0.15) is 0 Å². The number of nitrogens with zero attached hydrogens (tertiary/aromatic N) is 3. The van der Waals surface area contributed by atoms with E-state index in [2.05, 4.69) is 16.8 Å². The van der Waals surface area contributed by atoms with Gasteiger partial charge in [-0.25, -0.2) is 0 Å².